The van der Waals surface area contributed by atoms with Crippen molar-refractivity contribution in [3.8, 4) is 5.88 Å². The minimum absolute atomic E-state index is 0. The van der Waals surface area contributed by atoms with Gasteiger partial charge in [0.05, 0.1) is 17.5 Å². The maximum Gasteiger partial charge on any atom is 1.00 e. The number of carbonyl (C=O) groups excluding carboxylic acids is 3. The minimum Gasteiger partial charge on any atom is -0.854 e. The van der Waals surface area contributed by atoms with E-state index in [-0.39, 0.29) is 109 Å². The number of carbonyl (C=O) groups is 3. The van der Waals surface area contributed by atoms with Gasteiger partial charge in [-0.15, -0.1) is 23.1 Å². The topological polar surface area (TPSA) is 284 Å². The predicted octanol–water partition coefficient (Wildman–Crippen LogP) is -10.8. The van der Waals surface area contributed by atoms with Crippen LogP contribution in [0, 0.1) is 0 Å². The van der Waals surface area contributed by atoms with Crippen molar-refractivity contribution < 1.29 is 99.5 Å². The third-order valence-corrected chi connectivity index (χ3v) is 8.08. The van der Waals surface area contributed by atoms with Crippen LogP contribution in [0.3, 0.4) is 0 Å². The number of anilines is 1. The summed E-state index contributed by atoms with van der Waals surface area (Å²) >= 11 is 3.31. The van der Waals surface area contributed by atoms with Crippen LogP contribution in [-0.2, 0) is 26.3 Å². The summed E-state index contributed by atoms with van der Waals surface area (Å²) in [6.07, 6.45) is 0. The number of hydrogen-bond donors (Lipinski definition) is 2. The number of carboxylic acids is 1. The fraction of sp³-hybridized carbons (Fsp3) is 0.333. The van der Waals surface area contributed by atoms with Crippen molar-refractivity contribution in [2.24, 2.45) is 12.2 Å². The van der Waals surface area contributed by atoms with Gasteiger partial charge in [-0.1, -0.05) is 16.9 Å². The van der Waals surface area contributed by atoms with Gasteiger partial charge in [0.2, 0.25) is 0 Å². The second-order valence-electron chi connectivity index (χ2n) is 7.21. The van der Waals surface area contributed by atoms with Gasteiger partial charge in [-0.05, 0) is 5.57 Å². The summed E-state index contributed by atoms with van der Waals surface area (Å²) in [6, 6.07) is -1.03. The number of amides is 2. The van der Waals surface area contributed by atoms with Gasteiger partial charge in [0.15, 0.2) is 16.0 Å². The SMILES string of the molecule is CO/N=C(/C(=O)N[C@@H]1C(=O)N2C(C(=O)[O-])=C(CSc3nc(=O)c([O-])nn3C)CS[C@H]12)c1csc(N)n1.O.O.[Na+].[Na+]. The van der Waals surface area contributed by atoms with Gasteiger partial charge in [0.25, 0.3) is 17.4 Å². The Morgan fingerprint density at radius 1 is 1.30 bits per heavy atom. The summed E-state index contributed by atoms with van der Waals surface area (Å²) in [5, 5.41) is 34.1. The number of nitrogens with zero attached hydrogens (tertiary/aromatic N) is 6. The first kappa shape index (κ1) is 38.3. The summed E-state index contributed by atoms with van der Waals surface area (Å²) in [7, 11) is 2.66. The Morgan fingerprint density at radius 2 is 1.98 bits per heavy atom. The van der Waals surface area contributed by atoms with Crippen LogP contribution in [0.2, 0.25) is 0 Å². The van der Waals surface area contributed by atoms with E-state index in [9.17, 15) is 29.4 Å². The number of fused-ring (bicyclic) bond motifs is 1. The zero-order valence-electron chi connectivity index (χ0n) is 21.5. The molecule has 2 atom stereocenters. The molecular weight excluding hydrogens is 614 g/mol. The quantitative estimate of drug-likeness (QED) is 0.0898. The number of aromatic nitrogens is 4. The third kappa shape index (κ3) is 7.76. The molecule has 1 fully saturated rings. The molecular formula is C18H20N8Na2O9S3. The van der Waals surface area contributed by atoms with Crippen LogP contribution in [0.25, 0.3) is 0 Å². The number of nitrogens with one attached hydrogen (secondary N) is 1. The van der Waals surface area contributed by atoms with Crippen LogP contribution in [-0.4, -0.2) is 89.1 Å². The molecule has 0 aromatic carbocycles. The smallest absolute Gasteiger partial charge is 0.854 e. The van der Waals surface area contributed by atoms with Crippen LogP contribution in [0.5, 0.6) is 5.88 Å². The number of nitrogen functional groups attached to an aromatic ring is 1. The molecule has 2 amide bonds. The van der Waals surface area contributed by atoms with Crippen molar-refractivity contribution in [1.29, 1.82) is 0 Å². The van der Waals surface area contributed by atoms with Gasteiger partial charge in [0.1, 0.15) is 24.2 Å². The van der Waals surface area contributed by atoms with E-state index in [4.69, 9.17) is 10.6 Å². The van der Waals surface area contributed by atoms with E-state index in [0.717, 1.165) is 32.7 Å². The van der Waals surface area contributed by atoms with E-state index < -0.39 is 40.6 Å². The van der Waals surface area contributed by atoms with Gasteiger partial charge in [-0.25, -0.2) is 9.67 Å². The molecule has 1 saturated heterocycles. The first-order valence-electron chi connectivity index (χ1n) is 9.89. The third-order valence-electron chi connectivity index (χ3n) is 4.96. The van der Waals surface area contributed by atoms with E-state index in [1.54, 1.807) is 0 Å². The van der Waals surface area contributed by atoms with Gasteiger partial charge in [-0.3, -0.25) is 19.3 Å². The van der Waals surface area contributed by atoms with Gasteiger partial charge >= 0.3 is 59.1 Å². The molecule has 0 unspecified atom stereocenters. The van der Waals surface area contributed by atoms with Crippen molar-refractivity contribution in [2.45, 2.75) is 16.6 Å². The van der Waals surface area contributed by atoms with Gasteiger partial charge < -0.3 is 41.8 Å². The summed E-state index contributed by atoms with van der Waals surface area (Å²) in [5.74, 6) is -3.74. The molecule has 0 aliphatic carbocycles. The monoisotopic (exact) mass is 634 g/mol. The first-order chi connectivity index (χ1) is 17.1. The molecule has 22 heteroatoms. The summed E-state index contributed by atoms with van der Waals surface area (Å²) < 4.78 is 1.11. The molecule has 17 nitrogen and oxygen atoms in total. The maximum absolute atomic E-state index is 12.9. The molecule has 0 spiro atoms. The zero-order valence-corrected chi connectivity index (χ0v) is 27.9. The van der Waals surface area contributed by atoms with Crippen LogP contribution in [0.4, 0.5) is 5.13 Å². The largest absolute Gasteiger partial charge is 1.00 e. The fourth-order valence-corrected chi connectivity index (χ4v) is 6.33. The standard InChI is InChI=1S/C18H18N8O7S3.2Na.2H2O/c1-25-18(22-12(28)13(29)23-25)36-4-6-3-34-15-9(14(30)26(15)10(6)16(31)32)21-11(27)8(24-33-2)7-5-35-17(19)20-7;;;;/h5,9,15H,3-4H2,1-2H3,(H2,19,20)(H,21,27)(H,23,29)(H,31,32);;;2*1H2/q;2*+1;;/p-2/b24-8+;;;;/t9-,15-;;;;/m1..../s1. The number of thioether (sulfide) groups is 2. The molecule has 0 radical (unpaired) electrons. The average molecular weight is 635 g/mol. The van der Waals surface area contributed by atoms with Gasteiger partial charge in [-0.2, -0.15) is 10.1 Å². The number of thiazole rings is 1. The average Bonchev–Trinajstić information content (AvgIpc) is 3.27. The first-order valence-corrected chi connectivity index (χ1v) is 12.8. The summed E-state index contributed by atoms with van der Waals surface area (Å²) in [4.78, 5) is 62.5. The van der Waals surface area contributed by atoms with E-state index >= 15 is 0 Å². The Labute approximate surface area is 282 Å². The number of aliphatic carboxylic acids is 1. The Kier molecular flexibility index (Phi) is 15.4. The van der Waals surface area contributed by atoms with Crippen molar-refractivity contribution in [2.75, 3.05) is 24.3 Å². The van der Waals surface area contributed by atoms with Gasteiger partial charge in [0, 0.05) is 23.9 Å². The van der Waals surface area contributed by atoms with E-state index in [2.05, 4.69) is 25.5 Å². The van der Waals surface area contributed by atoms with Crippen LogP contribution >= 0.6 is 34.9 Å². The Balaban J connectivity index is 0.00000380. The molecule has 2 aromatic heterocycles. The molecule has 2 aliphatic heterocycles. The van der Waals surface area contributed by atoms with Crippen LogP contribution < -0.4 is 85.9 Å². The molecule has 206 valence electrons. The van der Waals surface area contributed by atoms with E-state index in [1.165, 1.54) is 31.3 Å². The molecule has 7 N–H and O–H groups in total. The zero-order chi connectivity index (χ0) is 26.1. The molecule has 2 aliphatic rings. The van der Waals surface area contributed by atoms with Crippen LogP contribution in [0.15, 0.2) is 31.8 Å². The number of carboxylic acid groups (broad SMARTS) is 1. The van der Waals surface area contributed by atoms with Crippen molar-refractivity contribution >= 4 is 63.5 Å². The summed E-state index contributed by atoms with van der Waals surface area (Å²) in [6.45, 7) is 0. The number of oxime groups is 1. The number of rotatable bonds is 8. The summed E-state index contributed by atoms with van der Waals surface area (Å²) in [5.41, 5.74) is 4.57. The minimum atomic E-state index is -1.57. The van der Waals surface area contributed by atoms with Crippen molar-refractivity contribution in [3.63, 3.8) is 0 Å². The number of β-lactam (4-membered cyclic amide) rings is 1. The number of hydrogen-bond acceptors (Lipinski definition) is 15. The van der Waals surface area contributed by atoms with Crippen molar-refractivity contribution in [3.05, 3.63) is 32.7 Å². The molecule has 4 rings (SSSR count). The van der Waals surface area contributed by atoms with E-state index in [0.29, 0.717) is 5.57 Å². The predicted molar refractivity (Wildman–Crippen MR) is 132 cm³/mol. The Hall–Kier alpha value is -1.72. The number of aryl methyl sites for hydroxylation is 1. The van der Waals surface area contributed by atoms with Crippen LogP contribution in [0.1, 0.15) is 5.69 Å². The second kappa shape index (κ2) is 16.1. The molecule has 0 bridgehead atoms. The van der Waals surface area contributed by atoms with E-state index in [1.807, 2.05) is 0 Å². The Bertz CT molecular complexity index is 1390. The maximum atomic E-state index is 12.9. The molecule has 2 aromatic rings. The molecule has 0 saturated carbocycles. The number of nitrogens with two attached hydrogens (primary N) is 1. The molecule has 4 heterocycles. The van der Waals surface area contributed by atoms with Crippen molar-refractivity contribution in [1.82, 2.24) is 30.0 Å². The molecule has 40 heavy (non-hydrogen) atoms. The fourth-order valence-electron chi connectivity index (χ4n) is 3.39. The normalized spacial score (nSPS) is 17.6. The second-order valence-corrected chi connectivity index (χ2v) is 10.1. The Morgan fingerprint density at radius 3 is 2.55 bits per heavy atom.